The Morgan fingerprint density at radius 3 is 2.74 bits per heavy atom. The Morgan fingerprint density at radius 1 is 1.16 bits per heavy atom. The van der Waals surface area contributed by atoms with Gasteiger partial charge < -0.3 is 16.0 Å². The third-order valence-corrected chi connectivity index (χ3v) is 11.4. The lowest BCUT2D eigenvalue weighted by molar-refractivity contribution is -0.108. The molecule has 2 amide bonds. The van der Waals surface area contributed by atoms with E-state index >= 15 is 0 Å². The molecule has 0 saturated heterocycles. The van der Waals surface area contributed by atoms with Crippen molar-refractivity contribution in [3.8, 4) is 0 Å². The van der Waals surface area contributed by atoms with Crippen LogP contribution in [0.5, 0.6) is 0 Å². The number of allylic oxidation sites excluding steroid dienone is 4. The van der Waals surface area contributed by atoms with E-state index in [1.807, 2.05) is 18.2 Å². The monoisotopic (exact) mass is 528 g/mol. The Kier molecular flexibility index (Phi) is 5.09. The molecule has 0 aliphatic heterocycles. The van der Waals surface area contributed by atoms with Gasteiger partial charge in [0, 0.05) is 42.3 Å². The summed E-state index contributed by atoms with van der Waals surface area (Å²) < 4.78 is 1.75. The first-order valence-corrected chi connectivity index (χ1v) is 14.8. The summed E-state index contributed by atoms with van der Waals surface area (Å²) in [5, 5.41) is 15.3. The first-order valence-electron chi connectivity index (χ1n) is 14.5. The van der Waals surface area contributed by atoms with Crippen molar-refractivity contribution in [1.29, 1.82) is 0 Å². The summed E-state index contributed by atoms with van der Waals surface area (Å²) in [7, 11) is 6.15. The second-order valence-electron chi connectivity index (χ2n) is 12.8. The quantitative estimate of drug-likeness (QED) is 0.357. The van der Waals surface area contributed by atoms with Crippen molar-refractivity contribution >= 4 is 42.4 Å². The summed E-state index contributed by atoms with van der Waals surface area (Å²) in [5.74, 6) is 4.56. The van der Waals surface area contributed by atoms with E-state index < -0.39 is 0 Å². The first-order chi connectivity index (χ1) is 18.5. The smallest absolute Gasteiger partial charge is 0.315 e. The molecule has 6 unspecified atom stereocenters. The zero-order valence-electron chi connectivity index (χ0n) is 21.6. The van der Waals surface area contributed by atoms with Crippen LogP contribution >= 0.6 is 11.6 Å². The first kappa shape index (κ1) is 23.4. The van der Waals surface area contributed by atoms with E-state index in [1.165, 1.54) is 32.1 Å². The highest BCUT2D eigenvalue weighted by atomic mass is 35.5. The topological polar surface area (TPSA) is 83.3 Å². The summed E-state index contributed by atoms with van der Waals surface area (Å²) in [4.78, 5) is 17.6. The van der Waals surface area contributed by atoms with E-state index in [0.29, 0.717) is 34.5 Å². The van der Waals surface area contributed by atoms with Gasteiger partial charge in [0.05, 0.1) is 5.69 Å². The van der Waals surface area contributed by atoms with Crippen molar-refractivity contribution < 1.29 is 4.79 Å². The average Bonchev–Trinajstić information content (AvgIpc) is 3.80. The fourth-order valence-electron chi connectivity index (χ4n) is 9.36. The second-order valence-corrected chi connectivity index (χ2v) is 13.2. The molecule has 3 N–H and O–H groups in total. The number of aromatic nitrogens is 3. The third-order valence-electron chi connectivity index (χ3n) is 11.0. The van der Waals surface area contributed by atoms with Gasteiger partial charge in [-0.3, -0.25) is 0 Å². The fraction of sp³-hybridized carbons (Fsp3) is 0.621. The standard InChI is InChI=1S/C29H34BClN6O/c30-20-15-34-37-24(12-22(35-25(20)37)19-5-1-2-6-21(19)31)32-7-3-4-8-33-27(38)36-26-28-13-17(28)9-16-10-18-14-29(18,26)23(28)11-16/h1-2,6,12,15-19,23,26,32H,3-5,7-11,13-14H2,(H2,33,36,38)/t16?,17-,18+,19?,23?,26?,28?,29?. The molecule has 2 spiro atoms. The Hall–Kier alpha value is -2.48. The Balaban J connectivity index is 0.844. The zero-order valence-corrected chi connectivity index (χ0v) is 22.4. The number of fused-ring (bicyclic) bond motifs is 2. The van der Waals surface area contributed by atoms with Crippen LogP contribution in [0.15, 0.2) is 35.5 Å². The second kappa shape index (κ2) is 8.26. The summed E-state index contributed by atoms with van der Waals surface area (Å²) in [6.07, 6.45) is 17.3. The molecule has 9 heteroatoms. The Labute approximate surface area is 229 Å². The molecule has 5 fully saturated rings. The molecule has 2 heterocycles. The largest absolute Gasteiger partial charge is 0.370 e. The molecule has 196 valence electrons. The van der Waals surface area contributed by atoms with Gasteiger partial charge in [-0.25, -0.2) is 9.78 Å². The van der Waals surface area contributed by atoms with Gasteiger partial charge in [-0.1, -0.05) is 23.8 Å². The van der Waals surface area contributed by atoms with Gasteiger partial charge in [0.15, 0.2) is 5.65 Å². The van der Waals surface area contributed by atoms with Crippen molar-refractivity contribution in [1.82, 2.24) is 25.2 Å². The molecule has 6 aliphatic carbocycles. The van der Waals surface area contributed by atoms with Gasteiger partial charge in [0.25, 0.3) is 0 Å². The predicted molar refractivity (Wildman–Crippen MR) is 149 cm³/mol. The average molecular weight is 529 g/mol. The van der Waals surface area contributed by atoms with Gasteiger partial charge in [-0.2, -0.15) is 9.61 Å². The number of amides is 2. The molecule has 8 atom stereocenters. The van der Waals surface area contributed by atoms with Crippen molar-refractivity contribution in [3.05, 3.63) is 41.2 Å². The lowest BCUT2D eigenvalue weighted by atomic mass is 9.45. The number of nitrogens with one attached hydrogen (secondary N) is 3. The number of nitrogens with zero attached hydrogens (tertiary/aromatic N) is 3. The van der Waals surface area contributed by atoms with Crippen molar-refractivity contribution in [2.45, 2.75) is 63.3 Å². The van der Waals surface area contributed by atoms with Crippen molar-refractivity contribution in [2.24, 2.45) is 34.5 Å². The lowest BCUT2D eigenvalue weighted by Crippen LogP contribution is -2.68. The highest BCUT2D eigenvalue weighted by molar-refractivity contribution is 6.36. The maximum atomic E-state index is 12.8. The maximum absolute atomic E-state index is 12.8. The molecule has 7 nitrogen and oxygen atoms in total. The summed E-state index contributed by atoms with van der Waals surface area (Å²) in [6.45, 7) is 1.44. The van der Waals surface area contributed by atoms with Crippen LogP contribution in [0.25, 0.3) is 5.65 Å². The minimum Gasteiger partial charge on any atom is -0.370 e. The fourth-order valence-corrected chi connectivity index (χ4v) is 9.64. The number of urea groups is 1. The predicted octanol–water partition coefficient (Wildman–Crippen LogP) is 4.01. The number of unbranched alkanes of at least 4 members (excludes halogenated alkanes) is 1. The molecule has 2 aromatic rings. The van der Waals surface area contributed by atoms with Crippen LogP contribution in [0.4, 0.5) is 10.6 Å². The normalized spacial score (nSPS) is 38.9. The molecule has 38 heavy (non-hydrogen) atoms. The van der Waals surface area contributed by atoms with Gasteiger partial charge in [0.2, 0.25) is 0 Å². The minimum absolute atomic E-state index is 0.0229. The summed E-state index contributed by atoms with van der Waals surface area (Å²) in [6, 6.07) is 2.49. The van der Waals surface area contributed by atoms with Crippen LogP contribution in [0.3, 0.4) is 0 Å². The lowest BCUT2D eigenvalue weighted by Gasteiger charge is -2.61. The number of hydrogen-bond acceptors (Lipinski definition) is 4. The molecule has 0 aromatic carbocycles. The van der Waals surface area contributed by atoms with E-state index in [9.17, 15) is 4.79 Å². The van der Waals surface area contributed by atoms with E-state index in [2.05, 4.69) is 27.1 Å². The van der Waals surface area contributed by atoms with Crippen LogP contribution in [-0.2, 0) is 0 Å². The molecule has 8 rings (SSSR count). The Morgan fingerprint density at radius 2 is 1.95 bits per heavy atom. The molecular formula is C29H34BClN6O. The van der Waals surface area contributed by atoms with Gasteiger partial charge >= 0.3 is 6.03 Å². The SMILES string of the molecule is [B]c1cnn2c(NCCCCNC(=O)NC3C45C[C@H]4CC4CC5C35C[C@@H]5C4)cc(C3CC=CC=C3Cl)nc12. The number of hydrogen-bond donors (Lipinski definition) is 3. The number of anilines is 1. The summed E-state index contributed by atoms with van der Waals surface area (Å²) in [5.41, 5.74) is 3.03. The maximum Gasteiger partial charge on any atom is 0.315 e. The Bertz CT molecular complexity index is 1360. The number of carbonyl (C=O) groups is 1. The van der Waals surface area contributed by atoms with Gasteiger partial charge in [-0.05, 0) is 97.4 Å². The highest BCUT2D eigenvalue weighted by Gasteiger charge is 2.88. The van der Waals surface area contributed by atoms with Crippen LogP contribution in [0.2, 0.25) is 0 Å². The highest BCUT2D eigenvalue weighted by Crippen LogP contribution is 2.90. The molecule has 2 radical (unpaired) electrons. The molecular weight excluding hydrogens is 495 g/mol. The minimum atomic E-state index is 0.0229. The van der Waals surface area contributed by atoms with Crippen molar-refractivity contribution in [3.63, 3.8) is 0 Å². The molecule has 2 bridgehead atoms. The van der Waals surface area contributed by atoms with E-state index in [4.69, 9.17) is 24.4 Å². The van der Waals surface area contributed by atoms with Crippen LogP contribution in [0.1, 0.15) is 63.0 Å². The van der Waals surface area contributed by atoms with E-state index in [0.717, 1.165) is 66.0 Å². The third kappa shape index (κ3) is 3.25. The van der Waals surface area contributed by atoms with Crippen LogP contribution in [-0.4, -0.2) is 47.6 Å². The molecule has 5 saturated carbocycles. The van der Waals surface area contributed by atoms with E-state index in [-0.39, 0.29) is 11.9 Å². The zero-order chi connectivity index (χ0) is 25.6. The van der Waals surface area contributed by atoms with Crippen LogP contribution < -0.4 is 21.4 Å². The number of rotatable bonds is 8. The van der Waals surface area contributed by atoms with Gasteiger partial charge in [-0.15, -0.1) is 0 Å². The summed E-state index contributed by atoms with van der Waals surface area (Å²) >= 11 is 6.49. The number of carbonyl (C=O) groups excluding carboxylic acids is 1. The van der Waals surface area contributed by atoms with Crippen molar-refractivity contribution in [2.75, 3.05) is 18.4 Å². The molecule has 2 aromatic heterocycles. The van der Waals surface area contributed by atoms with E-state index in [1.54, 1.807) is 10.7 Å². The van der Waals surface area contributed by atoms with Crippen LogP contribution in [0, 0.1) is 34.5 Å². The van der Waals surface area contributed by atoms with Gasteiger partial charge in [0.1, 0.15) is 13.7 Å². The molecule has 6 aliphatic rings. The number of halogens is 1.